The van der Waals surface area contributed by atoms with Crippen molar-refractivity contribution in [3.63, 3.8) is 0 Å². The Morgan fingerprint density at radius 2 is 2.62 bits per heavy atom. The Bertz CT molecular complexity index is 150. The fourth-order valence-corrected chi connectivity index (χ4v) is 0.443. The molecule has 0 amide bonds. The third-order valence-corrected chi connectivity index (χ3v) is 0.857. The zero-order valence-electron chi connectivity index (χ0n) is 4.33. The lowest BCUT2D eigenvalue weighted by Gasteiger charge is -1.87. The summed E-state index contributed by atoms with van der Waals surface area (Å²) in [6.45, 7) is 0.0442. The molecule has 0 atom stereocenters. The van der Waals surface area contributed by atoms with E-state index < -0.39 is 0 Å². The molecule has 0 saturated carbocycles. The maximum Gasteiger partial charge on any atom is 0.0689 e. The third-order valence-electron chi connectivity index (χ3n) is 0.857. The minimum absolute atomic E-state index is 0.0442. The van der Waals surface area contributed by atoms with Gasteiger partial charge in [0.05, 0.1) is 6.61 Å². The molecule has 1 aromatic rings. The molecule has 2 heteroatoms. The Morgan fingerprint density at radius 3 is 3.00 bits per heavy atom. The first-order valence-corrected chi connectivity index (χ1v) is 2.35. The Kier molecular flexibility index (Phi) is 1.59. The van der Waals surface area contributed by atoms with E-state index in [0.29, 0.717) is 0 Å². The number of hydrogen-bond acceptors (Lipinski definition) is 2. The van der Waals surface area contributed by atoms with Crippen LogP contribution in [-0.2, 0) is 6.61 Å². The zero-order valence-corrected chi connectivity index (χ0v) is 4.33. The molecule has 8 heavy (non-hydrogen) atoms. The van der Waals surface area contributed by atoms with Gasteiger partial charge >= 0.3 is 0 Å². The van der Waals surface area contributed by atoms with Crippen LogP contribution in [0.15, 0.2) is 18.5 Å². The molecule has 0 aromatic carbocycles. The number of aliphatic hydroxyl groups excluding tert-OH is 1. The molecule has 0 aliphatic heterocycles. The van der Waals surface area contributed by atoms with Gasteiger partial charge in [-0.15, -0.1) is 0 Å². The van der Waals surface area contributed by atoms with Gasteiger partial charge in [0.15, 0.2) is 0 Å². The van der Waals surface area contributed by atoms with Gasteiger partial charge < -0.3 is 5.11 Å². The summed E-state index contributed by atoms with van der Waals surface area (Å²) in [5.41, 5.74) is 0.778. The number of pyridine rings is 1. The maximum absolute atomic E-state index is 8.48. The molecule has 0 unspecified atom stereocenters. The van der Waals surface area contributed by atoms with E-state index >= 15 is 0 Å². The second-order valence-electron chi connectivity index (χ2n) is 1.42. The molecule has 1 N–H and O–H groups in total. The molecule has 0 fully saturated rings. The van der Waals surface area contributed by atoms with Crippen LogP contribution in [0.5, 0.6) is 0 Å². The largest absolute Gasteiger partial charge is 0.392 e. The topological polar surface area (TPSA) is 33.1 Å². The highest BCUT2D eigenvalue weighted by Gasteiger charge is 1.82. The lowest BCUT2D eigenvalue weighted by atomic mass is 10.3. The van der Waals surface area contributed by atoms with Crippen molar-refractivity contribution in [3.8, 4) is 0 Å². The SMILES string of the molecule is OCc1[c]cncc1. The Morgan fingerprint density at radius 1 is 1.75 bits per heavy atom. The summed E-state index contributed by atoms with van der Waals surface area (Å²) < 4.78 is 0. The van der Waals surface area contributed by atoms with Crippen LogP contribution in [-0.4, -0.2) is 10.1 Å². The van der Waals surface area contributed by atoms with Gasteiger partial charge in [-0.1, -0.05) is 0 Å². The number of aliphatic hydroxyl groups is 1. The summed E-state index contributed by atoms with van der Waals surface area (Å²) in [4.78, 5) is 3.73. The van der Waals surface area contributed by atoms with E-state index in [9.17, 15) is 0 Å². The van der Waals surface area contributed by atoms with Gasteiger partial charge in [-0.2, -0.15) is 0 Å². The number of nitrogens with zero attached hydrogens (tertiary/aromatic N) is 1. The number of hydrogen-bond donors (Lipinski definition) is 1. The Labute approximate surface area is 47.8 Å². The predicted octanol–water partition coefficient (Wildman–Crippen LogP) is 0.374. The summed E-state index contributed by atoms with van der Waals surface area (Å²) in [5, 5.41) is 8.48. The molecule has 0 aliphatic carbocycles. The summed E-state index contributed by atoms with van der Waals surface area (Å²) in [5.74, 6) is 0. The van der Waals surface area contributed by atoms with Crippen molar-refractivity contribution >= 4 is 0 Å². The van der Waals surface area contributed by atoms with E-state index in [2.05, 4.69) is 11.1 Å². The minimum Gasteiger partial charge on any atom is -0.392 e. The summed E-state index contributed by atoms with van der Waals surface area (Å²) in [7, 11) is 0. The number of aromatic nitrogens is 1. The van der Waals surface area contributed by atoms with Gasteiger partial charge in [0, 0.05) is 18.5 Å². The molecule has 0 aliphatic rings. The monoisotopic (exact) mass is 108 g/mol. The van der Waals surface area contributed by atoms with Crippen molar-refractivity contribution in [2.75, 3.05) is 0 Å². The molecular weight excluding hydrogens is 102 g/mol. The van der Waals surface area contributed by atoms with Crippen LogP contribution < -0.4 is 0 Å². The molecule has 0 bridgehead atoms. The van der Waals surface area contributed by atoms with Gasteiger partial charge in [0.1, 0.15) is 0 Å². The second kappa shape index (κ2) is 2.43. The Hall–Kier alpha value is -0.890. The molecular formula is C6H6NO. The Balaban J connectivity index is 2.83. The molecule has 0 saturated heterocycles. The van der Waals surface area contributed by atoms with Crippen molar-refractivity contribution < 1.29 is 5.11 Å². The minimum atomic E-state index is 0.0442. The van der Waals surface area contributed by atoms with E-state index in [0.717, 1.165) is 5.56 Å². The van der Waals surface area contributed by atoms with Crippen LogP contribution in [0, 0.1) is 6.07 Å². The molecule has 1 aromatic heterocycles. The van der Waals surface area contributed by atoms with E-state index in [1.54, 1.807) is 12.3 Å². The molecule has 1 rings (SSSR count). The molecule has 41 valence electrons. The fraction of sp³-hybridized carbons (Fsp3) is 0.167. The van der Waals surface area contributed by atoms with Gasteiger partial charge in [-0.3, -0.25) is 4.98 Å². The summed E-state index contributed by atoms with van der Waals surface area (Å²) >= 11 is 0. The summed E-state index contributed by atoms with van der Waals surface area (Å²) in [6.07, 6.45) is 3.16. The van der Waals surface area contributed by atoms with Gasteiger partial charge in [-0.05, 0) is 11.6 Å². The smallest absolute Gasteiger partial charge is 0.0689 e. The van der Waals surface area contributed by atoms with Crippen molar-refractivity contribution in [2.24, 2.45) is 0 Å². The standard InChI is InChI=1S/C6H6NO/c8-5-6-1-3-7-4-2-6/h1,3-4,8H,5H2. The first-order chi connectivity index (χ1) is 3.93. The normalized spacial score (nSPS) is 9.12. The quantitative estimate of drug-likeness (QED) is 0.564. The second-order valence-corrected chi connectivity index (χ2v) is 1.42. The van der Waals surface area contributed by atoms with Crippen molar-refractivity contribution in [1.82, 2.24) is 4.98 Å². The molecule has 1 radical (unpaired) electrons. The van der Waals surface area contributed by atoms with Gasteiger partial charge in [0.25, 0.3) is 0 Å². The first-order valence-electron chi connectivity index (χ1n) is 2.35. The van der Waals surface area contributed by atoms with E-state index in [-0.39, 0.29) is 6.61 Å². The highest BCUT2D eigenvalue weighted by Crippen LogP contribution is 1.91. The molecule has 1 heterocycles. The lowest BCUT2D eigenvalue weighted by Crippen LogP contribution is -1.80. The summed E-state index contributed by atoms with van der Waals surface area (Å²) in [6, 6.07) is 4.48. The van der Waals surface area contributed by atoms with Crippen LogP contribution in [0.4, 0.5) is 0 Å². The van der Waals surface area contributed by atoms with Crippen LogP contribution in [0.2, 0.25) is 0 Å². The average molecular weight is 108 g/mol. The third kappa shape index (κ3) is 1.04. The highest BCUT2D eigenvalue weighted by atomic mass is 16.3. The van der Waals surface area contributed by atoms with Crippen molar-refractivity contribution in [1.29, 1.82) is 0 Å². The van der Waals surface area contributed by atoms with E-state index in [1.807, 2.05) is 0 Å². The van der Waals surface area contributed by atoms with Crippen LogP contribution in [0.3, 0.4) is 0 Å². The lowest BCUT2D eigenvalue weighted by molar-refractivity contribution is 0.281. The van der Waals surface area contributed by atoms with E-state index in [4.69, 9.17) is 5.11 Å². The average Bonchev–Trinajstić information content (AvgIpc) is 1.90. The van der Waals surface area contributed by atoms with Crippen molar-refractivity contribution in [3.05, 3.63) is 30.1 Å². The van der Waals surface area contributed by atoms with E-state index in [1.165, 1.54) is 6.20 Å². The highest BCUT2D eigenvalue weighted by molar-refractivity contribution is 5.05. The molecule has 0 spiro atoms. The fourth-order valence-electron chi connectivity index (χ4n) is 0.443. The van der Waals surface area contributed by atoms with Crippen molar-refractivity contribution in [2.45, 2.75) is 6.61 Å². The number of rotatable bonds is 1. The van der Waals surface area contributed by atoms with Gasteiger partial charge in [0.2, 0.25) is 0 Å². The molecule has 2 nitrogen and oxygen atoms in total. The predicted molar refractivity (Wildman–Crippen MR) is 29.0 cm³/mol. The van der Waals surface area contributed by atoms with Crippen LogP contribution in [0.25, 0.3) is 0 Å². The first kappa shape index (κ1) is 5.25. The maximum atomic E-state index is 8.48. The van der Waals surface area contributed by atoms with Crippen LogP contribution >= 0.6 is 0 Å². The van der Waals surface area contributed by atoms with Gasteiger partial charge in [-0.25, -0.2) is 0 Å². The van der Waals surface area contributed by atoms with Crippen LogP contribution in [0.1, 0.15) is 5.56 Å². The zero-order chi connectivity index (χ0) is 5.82.